The number of nitriles is 1. The molecule has 16 heteroatoms. The maximum Gasteiger partial charge on any atom is 0.271 e. The predicted octanol–water partition coefficient (Wildman–Crippen LogP) is 3.12. The van der Waals surface area contributed by atoms with Crippen LogP contribution in [0.25, 0.3) is 0 Å². The van der Waals surface area contributed by atoms with Crippen molar-refractivity contribution in [2.45, 2.75) is 65.0 Å². The fourth-order valence-corrected chi connectivity index (χ4v) is 9.85. The monoisotopic (exact) mass is 795 g/mol. The number of piperidine rings is 1. The SMILES string of the molecule is CC1(C)[C@H](NC(=O)c2cnc(N3CC(CN4CCN(c5ccc6c(c5)C(=O)N(C5CCC(=O)NC5=O)C6O)CC4)C3)cn2)C(C)(C)[C@H]1Oc1ccc(C#N)c(Cl)c1. The Kier molecular flexibility index (Phi) is 9.86. The van der Waals surface area contributed by atoms with Gasteiger partial charge in [-0.1, -0.05) is 45.4 Å². The summed E-state index contributed by atoms with van der Waals surface area (Å²) in [4.78, 5) is 67.9. The summed E-state index contributed by atoms with van der Waals surface area (Å²) in [5.41, 5.74) is 1.59. The van der Waals surface area contributed by atoms with Crippen molar-refractivity contribution in [3.63, 3.8) is 0 Å². The van der Waals surface area contributed by atoms with Crippen LogP contribution in [0.4, 0.5) is 11.5 Å². The Morgan fingerprint density at radius 3 is 2.40 bits per heavy atom. The summed E-state index contributed by atoms with van der Waals surface area (Å²) in [6.07, 6.45) is 2.05. The number of imide groups is 1. The summed E-state index contributed by atoms with van der Waals surface area (Å²) in [7, 11) is 0. The smallest absolute Gasteiger partial charge is 0.271 e. The molecule has 1 aliphatic carbocycles. The third-order valence-corrected chi connectivity index (χ3v) is 12.7. The number of aliphatic hydroxyl groups is 1. The molecule has 15 nitrogen and oxygen atoms in total. The molecule has 0 radical (unpaired) electrons. The summed E-state index contributed by atoms with van der Waals surface area (Å²) < 4.78 is 6.34. The summed E-state index contributed by atoms with van der Waals surface area (Å²) in [5.74, 6) is 0.152. The topological polar surface area (TPSA) is 184 Å². The number of halogens is 1. The van der Waals surface area contributed by atoms with Gasteiger partial charge in [-0.15, -0.1) is 0 Å². The van der Waals surface area contributed by atoms with Gasteiger partial charge >= 0.3 is 0 Å². The Morgan fingerprint density at radius 2 is 1.75 bits per heavy atom. The highest BCUT2D eigenvalue weighted by atomic mass is 35.5. The predicted molar refractivity (Wildman–Crippen MR) is 210 cm³/mol. The maximum atomic E-state index is 13.4. The number of amides is 4. The first-order valence-corrected chi connectivity index (χ1v) is 19.7. The van der Waals surface area contributed by atoms with Crippen LogP contribution in [0.3, 0.4) is 0 Å². The number of nitrogens with one attached hydrogen (secondary N) is 2. The molecule has 0 bridgehead atoms. The van der Waals surface area contributed by atoms with E-state index in [0.29, 0.717) is 33.4 Å². The van der Waals surface area contributed by atoms with Crippen molar-refractivity contribution in [1.82, 2.24) is 30.4 Å². The first-order valence-electron chi connectivity index (χ1n) is 19.4. The Labute approximate surface area is 335 Å². The van der Waals surface area contributed by atoms with E-state index < -0.39 is 34.9 Å². The van der Waals surface area contributed by atoms with Crippen LogP contribution in [0.5, 0.6) is 5.75 Å². The van der Waals surface area contributed by atoms with Crippen molar-refractivity contribution in [2.75, 3.05) is 55.6 Å². The number of nitrogens with zero attached hydrogens (tertiary/aromatic N) is 7. The van der Waals surface area contributed by atoms with Crippen molar-refractivity contribution in [3.05, 3.63) is 76.2 Å². The summed E-state index contributed by atoms with van der Waals surface area (Å²) in [6, 6.07) is 11.5. The van der Waals surface area contributed by atoms with Gasteiger partial charge in [0.1, 0.15) is 35.5 Å². The van der Waals surface area contributed by atoms with Crippen molar-refractivity contribution < 1.29 is 29.0 Å². The van der Waals surface area contributed by atoms with Gasteiger partial charge in [0.25, 0.3) is 11.8 Å². The lowest BCUT2D eigenvalue weighted by atomic mass is 9.49. The first-order chi connectivity index (χ1) is 27.1. The van der Waals surface area contributed by atoms with Crippen LogP contribution in [-0.2, 0) is 9.59 Å². The van der Waals surface area contributed by atoms with Crippen molar-refractivity contribution in [3.8, 4) is 11.8 Å². The zero-order chi connectivity index (χ0) is 40.4. The van der Waals surface area contributed by atoms with Crippen LogP contribution in [0, 0.1) is 28.1 Å². The van der Waals surface area contributed by atoms with Gasteiger partial charge in [-0.2, -0.15) is 5.26 Å². The highest BCUT2D eigenvalue weighted by molar-refractivity contribution is 6.31. The van der Waals surface area contributed by atoms with Gasteiger partial charge in [0.15, 0.2) is 6.23 Å². The number of aromatic nitrogens is 2. The maximum absolute atomic E-state index is 13.4. The standard InChI is InChI=1S/C41H46ClN9O6/c1-40(2)38(41(3,4)39(40)57-26-7-5-24(17-43)29(42)16-26)47-34(53)30-18-45-32(19-44-30)50-21-23(22-50)20-48-11-13-49(14-12-48)25-6-8-27-28(15-25)37(56)51(36(27)55)31-9-10-33(52)46-35(31)54/h5-8,15-16,18-19,23,31,36,38-39,55H,9-14,20-22H2,1-4H3,(H,47,53)(H,46,52,54)/t31?,36?,38-,39-. The van der Waals surface area contributed by atoms with Gasteiger partial charge in [-0.05, 0) is 30.7 Å². The molecule has 5 aliphatic rings. The summed E-state index contributed by atoms with van der Waals surface area (Å²) in [6.45, 7) is 14.1. The molecule has 3 aromatic rings. The third kappa shape index (κ3) is 6.93. The van der Waals surface area contributed by atoms with E-state index in [1.54, 1.807) is 36.5 Å². The van der Waals surface area contributed by atoms with Crippen LogP contribution in [0.15, 0.2) is 48.8 Å². The lowest BCUT2D eigenvalue weighted by Crippen LogP contribution is -2.74. The van der Waals surface area contributed by atoms with Crippen LogP contribution in [-0.4, -0.2) is 113 Å². The third-order valence-electron chi connectivity index (χ3n) is 12.4. The minimum atomic E-state index is -1.23. The summed E-state index contributed by atoms with van der Waals surface area (Å²) >= 11 is 6.23. The number of piperazine rings is 1. The molecule has 298 valence electrons. The van der Waals surface area contributed by atoms with E-state index in [9.17, 15) is 29.5 Å². The molecule has 1 aromatic heterocycles. The molecule has 2 aromatic carbocycles. The van der Waals surface area contributed by atoms with E-state index in [0.717, 1.165) is 57.3 Å². The van der Waals surface area contributed by atoms with Gasteiger partial charge in [0, 0.05) is 97.9 Å². The van der Waals surface area contributed by atoms with E-state index in [4.69, 9.17) is 16.3 Å². The zero-order valence-corrected chi connectivity index (χ0v) is 33.1. The Balaban J connectivity index is 0.792. The normalized spacial score (nSPS) is 25.6. The van der Waals surface area contributed by atoms with Gasteiger partial charge in [-0.25, -0.2) is 9.97 Å². The molecule has 1 saturated carbocycles. The quantitative estimate of drug-likeness (QED) is 0.270. The fourth-order valence-electron chi connectivity index (χ4n) is 9.64. The molecule has 8 rings (SSSR count). The molecular weight excluding hydrogens is 750 g/mol. The number of fused-ring (bicyclic) bond motifs is 1. The average molecular weight is 796 g/mol. The van der Waals surface area contributed by atoms with Crippen molar-refractivity contribution in [1.29, 1.82) is 5.26 Å². The number of hydrogen-bond acceptors (Lipinski definition) is 12. The molecule has 4 fully saturated rings. The number of carbonyl (C=O) groups is 4. The molecule has 2 unspecified atom stereocenters. The lowest BCUT2D eigenvalue weighted by molar-refractivity contribution is -0.164. The molecule has 3 saturated heterocycles. The number of carbonyl (C=O) groups excluding carboxylic acids is 4. The second kappa shape index (κ2) is 14.6. The fraction of sp³-hybridized carbons (Fsp3) is 0.488. The zero-order valence-electron chi connectivity index (χ0n) is 32.4. The van der Waals surface area contributed by atoms with Crippen LogP contribution >= 0.6 is 11.6 Å². The van der Waals surface area contributed by atoms with Gasteiger partial charge in [0.05, 0.1) is 23.0 Å². The molecule has 3 N–H and O–H groups in total. The highest BCUT2D eigenvalue weighted by Gasteiger charge is 2.64. The number of benzene rings is 2. The highest BCUT2D eigenvalue weighted by Crippen LogP contribution is 2.55. The second-order valence-corrected chi connectivity index (χ2v) is 17.4. The first kappa shape index (κ1) is 38.6. The van der Waals surface area contributed by atoms with Crippen LogP contribution in [0.2, 0.25) is 5.02 Å². The second-order valence-electron chi connectivity index (χ2n) is 16.9. The molecule has 2 atom stereocenters. The minimum Gasteiger partial charge on any atom is -0.489 e. The van der Waals surface area contributed by atoms with Gasteiger partial charge < -0.3 is 25.0 Å². The number of aliphatic hydroxyl groups excluding tert-OH is 1. The van der Waals surface area contributed by atoms with Crippen molar-refractivity contribution in [2.24, 2.45) is 16.7 Å². The largest absolute Gasteiger partial charge is 0.489 e. The van der Waals surface area contributed by atoms with Crippen LogP contribution in [0.1, 0.15) is 78.7 Å². The molecule has 4 aliphatic heterocycles. The number of hydrogen-bond donors (Lipinski definition) is 3. The van der Waals surface area contributed by atoms with Gasteiger partial charge in [0.2, 0.25) is 11.8 Å². The minimum absolute atomic E-state index is 0.122. The van der Waals surface area contributed by atoms with Crippen LogP contribution < -0.4 is 25.2 Å². The van der Waals surface area contributed by atoms with E-state index in [-0.39, 0.29) is 42.5 Å². The number of anilines is 2. The molecular formula is C41H46ClN9O6. The van der Waals surface area contributed by atoms with E-state index in [2.05, 4.69) is 69.1 Å². The number of rotatable bonds is 9. The Bertz CT molecular complexity index is 2140. The van der Waals surface area contributed by atoms with E-state index in [1.807, 2.05) is 6.07 Å². The van der Waals surface area contributed by atoms with Crippen molar-refractivity contribution >= 4 is 46.7 Å². The van der Waals surface area contributed by atoms with Gasteiger partial charge in [-0.3, -0.25) is 34.3 Å². The average Bonchev–Trinajstić information content (AvgIpc) is 3.42. The molecule has 0 spiro atoms. The molecule has 4 amide bonds. The van der Waals surface area contributed by atoms with E-state index in [1.165, 1.54) is 11.1 Å². The van der Waals surface area contributed by atoms with E-state index >= 15 is 0 Å². The molecule has 57 heavy (non-hydrogen) atoms. The molecule has 5 heterocycles. The Morgan fingerprint density at radius 1 is 1.02 bits per heavy atom. The lowest BCUT2D eigenvalue weighted by Gasteiger charge is -2.63. The Hall–Kier alpha value is -5.30. The summed E-state index contributed by atoms with van der Waals surface area (Å²) in [5, 5.41) is 25.9. The number of ether oxygens (including phenoxy) is 1.